The van der Waals surface area contributed by atoms with Gasteiger partial charge in [0.25, 0.3) is 0 Å². The number of benzene rings is 1. The third-order valence-electron chi connectivity index (χ3n) is 6.77. The molecule has 0 saturated heterocycles. The first kappa shape index (κ1) is 16.9. The molecule has 1 amide bonds. The minimum Gasteiger partial charge on any atom is -0.387 e. The van der Waals surface area contributed by atoms with E-state index in [4.69, 9.17) is 0 Å². The van der Waals surface area contributed by atoms with Crippen molar-refractivity contribution in [2.45, 2.75) is 44.6 Å². The highest BCUT2D eigenvalue weighted by atomic mass is 16.3. The smallest absolute Gasteiger partial charge is 0.226 e. The molecule has 4 aliphatic carbocycles. The lowest BCUT2D eigenvalue weighted by molar-refractivity contribution is -0.146. The van der Waals surface area contributed by atoms with Gasteiger partial charge in [-0.05, 0) is 74.0 Å². The zero-order chi connectivity index (χ0) is 17.6. The molecule has 1 aromatic carbocycles. The number of carbonyl (C=O) groups excluding carboxylic acids is 1. The quantitative estimate of drug-likeness (QED) is 0.864. The lowest BCUT2D eigenvalue weighted by atomic mass is 9.49. The number of nitrogens with zero attached hydrogens (tertiary/aromatic N) is 1. The van der Waals surface area contributed by atoms with Gasteiger partial charge in [-0.25, -0.2) is 0 Å². The van der Waals surface area contributed by atoms with Gasteiger partial charge in [-0.2, -0.15) is 0 Å². The Labute approximate surface area is 150 Å². The van der Waals surface area contributed by atoms with Crippen molar-refractivity contribution in [2.24, 2.45) is 23.2 Å². The summed E-state index contributed by atoms with van der Waals surface area (Å²) in [5.41, 5.74) is 1.83. The molecule has 0 radical (unpaired) electrons. The molecule has 5 rings (SSSR count). The van der Waals surface area contributed by atoms with Crippen LogP contribution in [0.2, 0.25) is 0 Å². The van der Waals surface area contributed by atoms with E-state index in [0.717, 1.165) is 48.3 Å². The Morgan fingerprint density at radius 3 is 2.12 bits per heavy atom. The Hall–Kier alpha value is -1.55. The summed E-state index contributed by atoms with van der Waals surface area (Å²) in [7, 11) is 3.99. The first-order valence-corrected chi connectivity index (χ1v) is 9.69. The Morgan fingerprint density at radius 1 is 1.12 bits per heavy atom. The van der Waals surface area contributed by atoms with Crippen LogP contribution in [-0.4, -0.2) is 31.7 Å². The van der Waals surface area contributed by atoms with Gasteiger partial charge in [0.1, 0.15) is 0 Å². The second-order valence-electron chi connectivity index (χ2n) is 8.91. The van der Waals surface area contributed by atoms with E-state index < -0.39 is 6.10 Å². The van der Waals surface area contributed by atoms with Crippen LogP contribution < -0.4 is 10.2 Å². The molecule has 0 spiro atoms. The molecular weight excluding hydrogens is 312 g/mol. The molecule has 4 fully saturated rings. The van der Waals surface area contributed by atoms with Crippen LogP contribution in [0.3, 0.4) is 0 Å². The van der Waals surface area contributed by atoms with Crippen molar-refractivity contribution >= 4 is 11.6 Å². The largest absolute Gasteiger partial charge is 0.387 e. The van der Waals surface area contributed by atoms with E-state index in [0.29, 0.717) is 6.54 Å². The molecule has 2 N–H and O–H groups in total. The molecule has 25 heavy (non-hydrogen) atoms. The first-order valence-electron chi connectivity index (χ1n) is 9.69. The summed E-state index contributed by atoms with van der Waals surface area (Å²) in [5.74, 6) is 2.48. The number of amides is 1. The van der Waals surface area contributed by atoms with Crippen molar-refractivity contribution in [3.63, 3.8) is 0 Å². The Bertz CT molecular complexity index is 603. The molecule has 1 aromatic rings. The predicted molar refractivity (Wildman–Crippen MR) is 99.3 cm³/mol. The average Bonchev–Trinajstić information content (AvgIpc) is 2.58. The summed E-state index contributed by atoms with van der Waals surface area (Å²) in [6, 6.07) is 7.88. The fourth-order valence-corrected chi connectivity index (χ4v) is 5.88. The van der Waals surface area contributed by atoms with E-state index >= 15 is 0 Å². The van der Waals surface area contributed by atoms with Crippen LogP contribution >= 0.6 is 0 Å². The molecule has 0 aliphatic heterocycles. The molecule has 4 aliphatic rings. The molecule has 4 heteroatoms. The van der Waals surface area contributed by atoms with Crippen LogP contribution in [0.4, 0.5) is 5.69 Å². The summed E-state index contributed by atoms with van der Waals surface area (Å²) < 4.78 is 0. The van der Waals surface area contributed by atoms with E-state index in [9.17, 15) is 9.90 Å². The number of hydrogen-bond donors (Lipinski definition) is 2. The minimum absolute atomic E-state index is 0.136. The van der Waals surface area contributed by atoms with E-state index in [1.165, 1.54) is 19.3 Å². The number of hydrogen-bond acceptors (Lipinski definition) is 3. The molecule has 4 bridgehead atoms. The third kappa shape index (κ3) is 3.17. The highest BCUT2D eigenvalue weighted by Crippen LogP contribution is 2.60. The lowest BCUT2D eigenvalue weighted by Crippen LogP contribution is -2.54. The molecule has 136 valence electrons. The van der Waals surface area contributed by atoms with E-state index in [2.05, 4.69) is 5.32 Å². The van der Waals surface area contributed by atoms with Gasteiger partial charge in [0, 0.05) is 31.7 Å². The fourth-order valence-electron chi connectivity index (χ4n) is 5.88. The number of carbonyl (C=O) groups is 1. The normalized spacial score (nSPS) is 34.0. The Morgan fingerprint density at radius 2 is 1.64 bits per heavy atom. The molecule has 0 heterocycles. The number of anilines is 1. The van der Waals surface area contributed by atoms with Gasteiger partial charge >= 0.3 is 0 Å². The molecule has 1 atom stereocenters. The molecule has 0 aromatic heterocycles. The van der Waals surface area contributed by atoms with Gasteiger partial charge in [0.05, 0.1) is 6.10 Å². The number of aliphatic hydroxyl groups is 1. The maximum Gasteiger partial charge on any atom is 0.226 e. The van der Waals surface area contributed by atoms with Crippen LogP contribution in [0.25, 0.3) is 0 Å². The van der Waals surface area contributed by atoms with Gasteiger partial charge in [-0.15, -0.1) is 0 Å². The van der Waals surface area contributed by atoms with Gasteiger partial charge in [-0.3, -0.25) is 4.79 Å². The van der Waals surface area contributed by atoms with Gasteiger partial charge in [0.2, 0.25) is 5.91 Å². The van der Waals surface area contributed by atoms with Crippen molar-refractivity contribution in [1.82, 2.24) is 5.32 Å². The van der Waals surface area contributed by atoms with Crippen LogP contribution in [0.5, 0.6) is 0 Å². The van der Waals surface area contributed by atoms with E-state index in [1.807, 2.05) is 43.3 Å². The van der Waals surface area contributed by atoms with Crippen LogP contribution in [-0.2, 0) is 4.79 Å². The van der Waals surface area contributed by atoms with E-state index in [1.54, 1.807) is 0 Å². The van der Waals surface area contributed by atoms with Crippen LogP contribution in [0, 0.1) is 23.2 Å². The summed E-state index contributed by atoms with van der Waals surface area (Å²) in [4.78, 5) is 15.0. The highest BCUT2D eigenvalue weighted by Gasteiger charge is 2.54. The Kier molecular flexibility index (Phi) is 4.27. The van der Waals surface area contributed by atoms with E-state index in [-0.39, 0.29) is 11.3 Å². The van der Waals surface area contributed by atoms with Crippen molar-refractivity contribution in [1.29, 1.82) is 0 Å². The topological polar surface area (TPSA) is 52.6 Å². The summed E-state index contributed by atoms with van der Waals surface area (Å²) in [6.45, 7) is 0.307. The molecule has 4 saturated carbocycles. The lowest BCUT2D eigenvalue weighted by Gasteiger charge is -2.55. The molecular formula is C21H30N2O2. The maximum absolute atomic E-state index is 12.9. The standard InChI is InChI=1S/C21H30N2O2/c1-23(2)18-5-3-17(4-6-18)19(24)13-22-20(25)21-10-14-7-15(11-21)9-16(8-14)12-21/h3-6,14-16,19,24H,7-13H2,1-2H3,(H,22,25)/t14?,15?,16?,19-,21?/m1/s1. The zero-order valence-corrected chi connectivity index (χ0v) is 15.4. The summed E-state index contributed by atoms with van der Waals surface area (Å²) in [6.07, 6.45) is 6.58. The second-order valence-corrected chi connectivity index (χ2v) is 8.91. The van der Waals surface area contributed by atoms with Crippen LogP contribution in [0.15, 0.2) is 24.3 Å². The number of nitrogens with one attached hydrogen (secondary N) is 1. The van der Waals surface area contributed by atoms with Gasteiger partial charge < -0.3 is 15.3 Å². The highest BCUT2D eigenvalue weighted by molar-refractivity contribution is 5.83. The summed E-state index contributed by atoms with van der Waals surface area (Å²) in [5, 5.41) is 13.5. The average molecular weight is 342 g/mol. The Balaban J connectivity index is 1.37. The summed E-state index contributed by atoms with van der Waals surface area (Å²) >= 11 is 0. The number of rotatable bonds is 5. The van der Waals surface area contributed by atoms with Crippen molar-refractivity contribution in [2.75, 3.05) is 25.5 Å². The number of aliphatic hydroxyl groups excluding tert-OH is 1. The second kappa shape index (κ2) is 6.31. The van der Waals surface area contributed by atoms with Gasteiger partial charge in [-0.1, -0.05) is 12.1 Å². The van der Waals surface area contributed by atoms with Gasteiger partial charge in [0.15, 0.2) is 0 Å². The fraction of sp³-hybridized carbons (Fsp3) is 0.667. The molecule has 4 nitrogen and oxygen atoms in total. The minimum atomic E-state index is -0.644. The monoisotopic (exact) mass is 342 g/mol. The maximum atomic E-state index is 12.9. The van der Waals surface area contributed by atoms with Crippen molar-refractivity contribution in [3.05, 3.63) is 29.8 Å². The molecule has 0 unspecified atom stereocenters. The zero-order valence-electron chi connectivity index (χ0n) is 15.4. The van der Waals surface area contributed by atoms with Crippen molar-refractivity contribution < 1.29 is 9.90 Å². The SMILES string of the molecule is CN(C)c1ccc([C@H](O)CNC(=O)C23CC4CC(CC(C4)C2)C3)cc1. The van der Waals surface area contributed by atoms with Crippen molar-refractivity contribution in [3.8, 4) is 0 Å². The predicted octanol–water partition coefficient (Wildman–Crippen LogP) is 3.12. The van der Waals surface area contributed by atoms with Crippen LogP contribution in [0.1, 0.15) is 50.2 Å². The first-order chi connectivity index (χ1) is 11.9. The third-order valence-corrected chi connectivity index (χ3v) is 6.77.